The molecule has 216 valence electrons. The highest BCUT2D eigenvalue weighted by Crippen LogP contribution is 2.16. The fourth-order valence-electron chi connectivity index (χ4n) is 5.71. The van der Waals surface area contributed by atoms with Crippen LogP contribution in [0.15, 0.2) is 30.3 Å². The van der Waals surface area contributed by atoms with E-state index in [0.29, 0.717) is 0 Å². The lowest BCUT2D eigenvalue weighted by atomic mass is 10.0. The second-order valence-electron chi connectivity index (χ2n) is 11.9. The molecule has 1 aromatic carbocycles. The number of benzene rings is 1. The predicted molar refractivity (Wildman–Crippen MR) is 168 cm³/mol. The molecule has 1 rings (SSSR count). The van der Waals surface area contributed by atoms with E-state index in [-0.39, 0.29) is 0 Å². The second-order valence-corrected chi connectivity index (χ2v) is 11.9. The first-order chi connectivity index (χ1) is 18.4. The fraction of sp³-hybridized carbons (Fsp3) is 0.833. The lowest BCUT2D eigenvalue weighted by molar-refractivity contribution is 0.514. The van der Waals surface area contributed by atoms with Gasteiger partial charge in [0.05, 0.1) is 0 Å². The van der Waals surface area contributed by atoms with Gasteiger partial charge in [0, 0.05) is 0 Å². The van der Waals surface area contributed by atoms with Gasteiger partial charge in [0.25, 0.3) is 0 Å². The van der Waals surface area contributed by atoms with Gasteiger partial charge in [0.15, 0.2) is 0 Å². The average molecular weight is 514 g/mol. The molecule has 1 heteroatoms. The molecule has 1 aromatic rings. The first-order valence-electron chi connectivity index (χ1n) is 17.2. The van der Waals surface area contributed by atoms with Gasteiger partial charge in [0.2, 0.25) is 0 Å². The monoisotopic (exact) mass is 514 g/mol. The lowest BCUT2D eigenvalue weighted by Gasteiger charge is -2.05. The van der Waals surface area contributed by atoms with E-state index in [1.165, 1.54) is 192 Å². The zero-order valence-corrected chi connectivity index (χ0v) is 25.2. The van der Waals surface area contributed by atoms with Crippen molar-refractivity contribution in [2.75, 3.05) is 6.54 Å². The molecule has 0 amide bonds. The highest BCUT2D eigenvalue weighted by molar-refractivity contribution is 5.14. The van der Waals surface area contributed by atoms with Gasteiger partial charge in [-0.05, 0) is 31.4 Å². The van der Waals surface area contributed by atoms with E-state index in [1.807, 2.05) is 0 Å². The molecule has 2 N–H and O–H groups in total. The van der Waals surface area contributed by atoms with E-state index in [1.54, 1.807) is 0 Å². The van der Waals surface area contributed by atoms with Crippen LogP contribution in [0, 0.1) is 0 Å². The predicted octanol–water partition coefficient (Wildman–Crippen LogP) is 12.1. The van der Waals surface area contributed by atoms with Gasteiger partial charge < -0.3 is 5.73 Å². The van der Waals surface area contributed by atoms with Crippen molar-refractivity contribution in [2.45, 2.75) is 186 Å². The van der Waals surface area contributed by atoms with Crippen LogP contribution < -0.4 is 5.73 Å². The standard InChI is InChI=1S/C36H67N/c37-35-31-26-24-22-20-18-16-14-12-10-8-6-4-2-1-3-5-7-9-11-13-15-17-19-21-23-25-28-32-36-33-29-27-30-34-36/h27,29-30,33-34H,1-26,28,31-32,35,37H2. The molecule has 0 saturated carbocycles. The first-order valence-corrected chi connectivity index (χ1v) is 17.2. The lowest BCUT2D eigenvalue weighted by Crippen LogP contribution is -1.97. The summed E-state index contributed by atoms with van der Waals surface area (Å²) in [4.78, 5) is 0. The maximum Gasteiger partial charge on any atom is -0.00773 e. The summed E-state index contributed by atoms with van der Waals surface area (Å²) in [7, 11) is 0. The van der Waals surface area contributed by atoms with Crippen LogP contribution in [0.2, 0.25) is 0 Å². The zero-order valence-electron chi connectivity index (χ0n) is 25.2. The van der Waals surface area contributed by atoms with E-state index in [4.69, 9.17) is 5.73 Å². The van der Waals surface area contributed by atoms with Crippen LogP contribution in [0.4, 0.5) is 0 Å². The minimum Gasteiger partial charge on any atom is -0.330 e. The summed E-state index contributed by atoms with van der Waals surface area (Å²) in [5.41, 5.74) is 7.05. The van der Waals surface area contributed by atoms with Gasteiger partial charge in [-0.1, -0.05) is 197 Å². The minimum atomic E-state index is 0.872. The number of rotatable bonds is 30. The topological polar surface area (TPSA) is 26.0 Å². The van der Waals surface area contributed by atoms with E-state index in [2.05, 4.69) is 30.3 Å². The summed E-state index contributed by atoms with van der Waals surface area (Å²) in [5, 5.41) is 0. The summed E-state index contributed by atoms with van der Waals surface area (Å²) >= 11 is 0. The van der Waals surface area contributed by atoms with Crippen molar-refractivity contribution < 1.29 is 0 Å². The Bertz CT molecular complexity index is 525. The third-order valence-corrected chi connectivity index (χ3v) is 8.26. The highest BCUT2D eigenvalue weighted by Gasteiger charge is 1.97. The smallest absolute Gasteiger partial charge is 0.00773 e. The molecule has 0 unspecified atom stereocenters. The summed E-state index contributed by atoms with van der Waals surface area (Å²) < 4.78 is 0. The molecular formula is C36H67N. The molecular weight excluding hydrogens is 446 g/mol. The summed E-state index contributed by atoms with van der Waals surface area (Å²) in [6.45, 7) is 0.872. The van der Waals surface area contributed by atoms with Gasteiger partial charge in [-0.2, -0.15) is 0 Å². The number of nitrogens with two attached hydrogens (primary N) is 1. The van der Waals surface area contributed by atoms with Crippen molar-refractivity contribution in [2.24, 2.45) is 5.73 Å². The molecule has 0 bridgehead atoms. The second kappa shape index (κ2) is 29.7. The van der Waals surface area contributed by atoms with Crippen LogP contribution in [0.1, 0.15) is 185 Å². The van der Waals surface area contributed by atoms with Gasteiger partial charge in [0.1, 0.15) is 0 Å². The Morgan fingerprint density at radius 2 is 0.541 bits per heavy atom. The number of hydrogen-bond donors (Lipinski definition) is 1. The molecule has 0 heterocycles. The van der Waals surface area contributed by atoms with Crippen molar-refractivity contribution in [3.63, 3.8) is 0 Å². The van der Waals surface area contributed by atoms with Crippen LogP contribution in [0.25, 0.3) is 0 Å². The number of hydrogen-bond acceptors (Lipinski definition) is 1. The molecule has 0 aliphatic heterocycles. The van der Waals surface area contributed by atoms with Crippen LogP contribution in [0.5, 0.6) is 0 Å². The molecule has 0 saturated heterocycles. The molecule has 0 aromatic heterocycles. The van der Waals surface area contributed by atoms with E-state index >= 15 is 0 Å². The minimum absolute atomic E-state index is 0.872. The summed E-state index contributed by atoms with van der Waals surface area (Å²) in [6.07, 6.45) is 41.8. The van der Waals surface area contributed by atoms with Crippen LogP contribution >= 0.6 is 0 Å². The van der Waals surface area contributed by atoms with Gasteiger partial charge >= 0.3 is 0 Å². The van der Waals surface area contributed by atoms with Crippen molar-refractivity contribution in [1.82, 2.24) is 0 Å². The van der Waals surface area contributed by atoms with Crippen LogP contribution in [-0.4, -0.2) is 6.54 Å². The third kappa shape index (κ3) is 26.6. The Kier molecular flexibility index (Phi) is 27.5. The van der Waals surface area contributed by atoms with Crippen molar-refractivity contribution in [3.05, 3.63) is 35.9 Å². The molecule has 0 spiro atoms. The normalized spacial score (nSPS) is 11.4. The molecule has 37 heavy (non-hydrogen) atoms. The summed E-state index contributed by atoms with van der Waals surface area (Å²) in [5.74, 6) is 0. The molecule has 0 aliphatic carbocycles. The Labute approximate surface area is 234 Å². The van der Waals surface area contributed by atoms with E-state index in [0.717, 1.165) is 6.54 Å². The Balaban J connectivity index is 1.62. The summed E-state index contributed by atoms with van der Waals surface area (Å²) in [6, 6.07) is 11.0. The Morgan fingerprint density at radius 3 is 0.811 bits per heavy atom. The molecule has 0 atom stereocenters. The van der Waals surface area contributed by atoms with Crippen LogP contribution in [-0.2, 0) is 6.42 Å². The Hall–Kier alpha value is -0.820. The van der Waals surface area contributed by atoms with E-state index < -0.39 is 0 Å². The molecule has 0 fully saturated rings. The maximum atomic E-state index is 5.54. The van der Waals surface area contributed by atoms with Crippen molar-refractivity contribution in [3.8, 4) is 0 Å². The highest BCUT2D eigenvalue weighted by atomic mass is 14.5. The zero-order chi connectivity index (χ0) is 26.3. The maximum absolute atomic E-state index is 5.54. The fourth-order valence-corrected chi connectivity index (χ4v) is 5.71. The van der Waals surface area contributed by atoms with Gasteiger partial charge in [-0.3, -0.25) is 0 Å². The first kappa shape index (κ1) is 34.2. The number of unbranched alkanes of at least 4 members (excludes halogenated alkanes) is 27. The van der Waals surface area contributed by atoms with E-state index in [9.17, 15) is 0 Å². The van der Waals surface area contributed by atoms with Gasteiger partial charge in [-0.15, -0.1) is 0 Å². The van der Waals surface area contributed by atoms with Crippen molar-refractivity contribution >= 4 is 0 Å². The number of aryl methyl sites for hydroxylation is 1. The molecule has 0 radical (unpaired) electrons. The quantitative estimate of drug-likeness (QED) is 0.102. The van der Waals surface area contributed by atoms with Crippen LogP contribution in [0.3, 0.4) is 0 Å². The SMILES string of the molecule is NCCCCCCCCCCCCCCCCCCCCCCCCCCCCCCc1ccccc1. The largest absolute Gasteiger partial charge is 0.330 e. The average Bonchev–Trinajstić information content (AvgIpc) is 2.93. The molecule has 1 nitrogen and oxygen atoms in total. The Morgan fingerprint density at radius 1 is 0.297 bits per heavy atom. The third-order valence-electron chi connectivity index (χ3n) is 8.26. The van der Waals surface area contributed by atoms with Gasteiger partial charge in [-0.25, -0.2) is 0 Å². The van der Waals surface area contributed by atoms with Crippen molar-refractivity contribution in [1.29, 1.82) is 0 Å². The molecule has 0 aliphatic rings.